The van der Waals surface area contributed by atoms with Crippen molar-refractivity contribution in [1.29, 1.82) is 0 Å². The summed E-state index contributed by atoms with van der Waals surface area (Å²) in [5.74, 6) is -0.190. The van der Waals surface area contributed by atoms with Crippen molar-refractivity contribution < 1.29 is 22.9 Å². The molecule has 1 aromatic carbocycles. The monoisotopic (exact) mass is 481 g/mol. The summed E-state index contributed by atoms with van der Waals surface area (Å²) in [5, 5.41) is 11.9. The SMILES string of the molecule is CN1CCN(S(=O)(=O)c2ccc(N3CCCC(C(=O)N4CCOCC4)C3)c([N+](=O)[O-])c2)CC1. The van der Waals surface area contributed by atoms with E-state index in [4.69, 9.17) is 4.74 Å². The highest BCUT2D eigenvalue weighted by atomic mass is 32.2. The van der Waals surface area contributed by atoms with Crippen molar-refractivity contribution >= 4 is 27.3 Å². The Morgan fingerprint density at radius 3 is 2.45 bits per heavy atom. The Labute approximate surface area is 194 Å². The van der Waals surface area contributed by atoms with Gasteiger partial charge in [0, 0.05) is 58.4 Å². The summed E-state index contributed by atoms with van der Waals surface area (Å²) in [6.45, 7) is 5.07. The van der Waals surface area contributed by atoms with Gasteiger partial charge in [-0.3, -0.25) is 14.9 Å². The minimum atomic E-state index is -3.82. The van der Waals surface area contributed by atoms with E-state index in [1.165, 1.54) is 16.4 Å². The Kier molecular flexibility index (Phi) is 7.17. The summed E-state index contributed by atoms with van der Waals surface area (Å²) >= 11 is 0. The lowest BCUT2D eigenvalue weighted by atomic mass is 9.95. The second kappa shape index (κ2) is 9.92. The third-order valence-electron chi connectivity index (χ3n) is 6.68. The van der Waals surface area contributed by atoms with Gasteiger partial charge < -0.3 is 19.4 Å². The molecule has 1 aromatic rings. The second-order valence-electron chi connectivity index (χ2n) is 8.84. The Hall–Kier alpha value is -2.28. The molecule has 12 heteroatoms. The van der Waals surface area contributed by atoms with Crippen LogP contribution in [-0.4, -0.2) is 106 Å². The lowest BCUT2D eigenvalue weighted by Gasteiger charge is -2.37. The quantitative estimate of drug-likeness (QED) is 0.444. The molecule has 0 radical (unpaired) electrons. The highest BCUT2D eigenvalue weighted by Gasteiger charge is 2.34. The van der Waals surface area contributed by atoms with E-state index in [0.29, 0.717) is 71.3 Å². The van der Waals surface area contributed by atoms with Crippen LogP contribution in [0.15, 0.2) is 23.1 Å². The Balaban J connectivity index is 1.55. The summed E-state index contributed by atoms with van der Waals surface area (Å²) in [6.07, 6.45) is 1.47. The Morgan fingerprint density at radius 1 is 1.09 bits per heavy atom. The normalized spacial score (nSPS) is 23.5. The number of morpholine rings is 1. The highest BCUT2D eigenvalue weighted by molar-refractivity contribution is 7.89. The summed E-state index contributed by atoms with van der Waals surface area (Å²) < 4.78 is 32.9. The molecule has 0 aliphatic carbocycles. The van der Waals surface area contributed by atoms with Crippen molar-refractivity contribution in [2.45, 2.75) is 17.7 Å². The molecule has 3 aliphatic heterocycles. The zero-order chi connectivity index (χ0) is 23.6. The van der Waals surface area contributed by atoms with Gasteiger partial charge in [0.2, 0.25) is 15.9 Å². The molecule has 3 saturated heterocycles. The molecule has 0 spiro atoms. The first-order chi connectivity index (χ1) is 15.8. The first kappa shape index (κ1) is 23.9. The fourth-order valence-corrected chi connectivity index (χ4v) is 6.14. The van der Waals surface area contributed by atoms with Crippen LogP contribution < -0.4 is 4.90 Å². The van der Waals surface area contributed by atoms with Gasteiger partial charge in [0.05, 0.1) is 29.0 Å². The lowest BCUT2D eigenvalue weighted by molar-refractivity contribution is -0.384. The number of sulfonamides is 1. The topological polar surface area (TPSA) is 117 Å². The molecule has 4 rings (SSSR count). The number of ether oxygens (including phenoxy) is 1. The molecule has 0 aromatic heterocycles. The summed E-state index contributed by atoms with van der Waals surface area (Å²) in [5.41, 5.74) is 0.112. The van der Waals surface area contributed by atoms with Crippen LogP contribution in [0.5, 0.6) is 0 Å². The van der Waals surface area contributed by atoms with Crippen LogP contribution in [0, 0.1) is 16.0 Å². The maximum Gasteiger partial charge on any atom is 0.293 e. The van der Waals surface area contributed by atoms with E-state index in [0.717, 1.165) is 18.9 Å². The number of piperazine rings is 1. The standard InChI is InChI=1S/C21H31N5O6S/c1-22-7-9-25(10-8-22)33(30,31)18-4-5-19(20(15-18)26(28)29)24-6-2-3-17(16-24)21(27)23-11-13-32-14-12-23/h4-5,15,17H,2-3,6-14,16H2,1H3. The van der Waals surface area contributed by atoms with Gasteiger partial charge in [0.15, 0.2) is 0 Å². The van der Waals surface area contributed by atoms with Crippen LogP contribution in [0.4, 0.5) is 11.4 Å². The molecule has 33 heavy (non-hydrogen) atoms. The maximum absolute atomic E-state index is 13.1. The van der Waals surface area contributed by atoms with E-state index < -0.39 is 14.9 Å². The predicted octanol–water partition coefficient (Wildman–Crippen LogP) is 0.606. The van der Waals surface area contributed by atoms with Crippen molar-refractivity contribution in [1.82, 2.24) is 14.1 Å². The van der Waals surface area contributed by atoms with Gasteiger partial charge >= 0.3 is 0 Å². The number of benzene rings is 1. The number of nitrogens with zero attached hydrogens (tertiary/aromatic N) is 5. The molecule has 3 fully saturated rings. The number of hydrogen-bond donors (Lipinski definition) is 0. The number of amides is 1. The molecule has 0 saturated carbocycles. The minimum absolute atomic E-state index is 0.0555. The maximum atomic E-state index is 13.1. The molecule has 0 bridgehead atoms. The zero-order valence-electron chi connectivity index (χ0n) is 18.9. The number of carbonyl (C=O) groups is 1. The van der Waals surface area contributed by atoms with Crippen molar-refractivity contribution in [2.75, 3.05) is 77.5 Å². The molecule has 182 valence electrons. The summed E-state index contributed by atoms with van der Waals surface area (Å²) in [4.78, 5) is 29.9. The molecule has 1 amide bonds. The Bertz CT molecular complexity index is 989. The van der Waals surface area contributed by atoms with E-state index in [9.17, 15) is 23.3 Å². The molecule has 1 atom stereocenters. The number of likely N-dealkylation sites (N-methyl/N-ethyl adjacent to an activating group) is 1. The number of nitro benzene ring substituents is 1. The zero-order valence-corrected chi connectivity index (χ0v) is 19.7. The largest absolute Gasteiger partial charge is 0.378 e. The van der Waals surface area contributed by atoms with Crippen LogP contribution in [0.2, 0.25) is 0 Å². The number of hydrogen-bond acceptors (Lipinski definition) is 8. The van der Waals surface area contributed by atoms with E-state index in [1.54, 1.807) is 4.90 Å². The van der Waals surface area contributed by atoms with Gasteiger partial charge in [0.1, 0.15) is 5.69 Å². The fourth-order valence-electron chi connectivity index (χ4n) is 4.69. The van der Waals surface area contributed by atoms with Crippen molar-refractivity contribution in [2.24, 2.45) is 5.92 Å². The molecular weight excluding hydrogens is 450 g/mol. The fraction of sp³-hybridized carbons (Fsp3) is 0.667. The van der Waals surface area contributed by atoms with Crippen molar-refractivity contribution in [3.8, 4) is 0 Å². The van der Waals surface area contributed by atoms with E-state index in [1.807, 2.05) is 16.8 Å². The summed E-state index contributed by atoms with van der Waals surface area (Å²) in [6, 6.07) is 4.13. The Morgan fingerprint density at radius 2 is 1.79 bits per heavy atom. The third-order valence-corrected chi connectivity index (χ3v) is 8.57. The molecule has 11 nitrogen and oxygen atoms in total. The van der Waals surface area contributed by atoms with E-state index >= 15 is 0 Å². The van der Waals surface area contributed by atoms with Crippen LogP contribution in [0.3, 0.4) is 0 Å². The second-order valence-corrected chi connectivity index (χ2v) is 10.8. The lowest BCUT2D eigenvalue weighted by Crippen LogP contribution is -2.48. The first-order valence-electron chi connectivity index (χ1n) is 11.4. The van der Waals surface area contributed by atoms with Gasteiger partial charge in [-0.1, -0.05) is 0 Å². The number of piperidine rings is 1. The van der Waals surface area contributed by atoms with Crippen molar-refractivity contribution in [3.63, 3.8) is 0 Å². The molecule has 0 N–H and O–H groups in total. The molecule has 1 unspecified atom stereocenters. The number of anilines is 1. The van der Waals surface area contributed by atoms with Gasteiger partial charge in [-0.25, -0.2) is 8.42 Å². The minimum Gasteiger partial charge on any atom is -0.378 e. The van der Waals surface area contributed by atoms with Crippen LogP contribution in [0.1, 0.15) is 12.8 Å². The van der Waals surface area contributed by atoms with Crippen LogP contribution in [0.25, 0.3) is 0 Å². The summed E-state index contributed by atoms with van der Waals surface area (Å²) in [7, 11) is -1.89. The number of rotatable bonds is 5. The predicted molar refractivity (Wildman–Crippen MR) is 122 cm³/mol. The van der Waals surface area contributed by atoms with Crippen LogP contribution in [-0.2, 0) is 19.6 Å². The third kappa shape index (κ3) is 5.13. The van der Waals surface area contributed by atoms with E-state index in [-0.39, 0.29) is 22.4 Å². The van der Waals surface area contributed by atoms with Crippen LogP contribution >= 0.6 is 0 Å². The average molecular weight is 482 g/mol. The van der Waals surface area contributed by atoms with Gasteiger partial charge in [0.25, 0.3) is 5.69 Å². The molecule has 3 aliphatic rings. The van der Waals surface area contributed by atoms with E-state index in [2.05, 4.69) is 0 Å². The van der Waals surface area contributed by atoms with Crippen molar-refractivity contribution in [3.05, 3.63) is 28.3 Å². The smallest absolute Gasteiger partial charge is 0.293 e. The van der Waals surface area contributed by atoms with Gasteiger partial charge in [-0.05, 0) is 32.0 Å². The number of carbonyl (C=O) groups excluding carboxylic acids is 1. The molecular formula is C21H31N5O6S. The number of nitro groups is 1. The first-order valence-corrected chi connectivity index (χ1v) is 12.8. The average Bonchev–Trinajstić information content (AvgIpc) is 2.84. The van der Waals surface area contributed by atoms with Gasteiger partial charge in [-0.15, -0.1) is 0 Å². The van der Waals surface area contributed by atoms with Gasteiger partial charge in [-0.2, -0.15) is 4.31 Å². The molecule has 3 heterocycles. The highest BCUT2D eigenvalue weighted by Crippen LogP contribution is 2.35.